The molecule has 0 fully saturated rings. The number of hydrogen-bond acceptors (Lipinski definition) is 5. The zero-order valence-corrected chi connectivity index (χ0v) is 18.3. The van der Waals surface area contributed by atoms with Crippen molar-refractivity contribution >= 4 is 40.0 Å². The summed E-state index contributed by atoms with van der Waals surface area (Å²) < 4.78 is 5.28. The Bertz CT molecular complexity index is 995. The van der Waals surface area contributed by atoms with Gasteiger partial charge in [0.2, 0.25) is 5.91 Å². The minimum atomic E-state index is -0.419. The van der Waals surface area contributed by atoms with Gasteiger partial charge in [0.15, 0.2) is 0 Å². The summed E-state index contributed by atoms with van der Waals surface area (Å²) in [7, 11) is 0. The number of thioether (sulfide) groups is 1. The number of aryl methyl sites for hydroxylation is 2. The number of ether oxygens (including phenoxy) is 1. The normalized spacial score (nSPS) is 10.6. The Morgan fingerprint density at radius 3 is 2.38 bits per heavy atom. The van der Waals surface area contributed by atoms with E-state index in [1.807, 2.05) is 68.4 Å². The summed E-state index contributed by atoms with van der Waals surface area (Å²) in [6.45, 7) is 6.03. The van der Waals surface area contributed by atoms with Gasteiger partial charge in [0, 0.05) is 15.3 Å². The highest BCUT2D eigenvalue weighted by Crippen LogP contribution is 2.40. The number of thiophene rings is 1. The zero-order valence-electron chi connectivity index (χ0n) is 16.7. The number of benzene rings is 2. The maximum absolute atomic E-state index is 12.7. The third-order valence-electron chi connectivity index (χ3n) is 4.27. The van der Waals surface area contributed by atoms with Crippen LogP contribution in [-0.2, 0) is 9.53 Å². The van der Waals surface area contributed by atoms with Crippen LogP contribution < -0.4 is 5.32 Å². The van der Waals surface area contributed by atoms with Gasteiger partial charge in [-0.1, -0.05) is 48.0 Å². The van der Waals surface area contributed by atoms with Gasteiger partial charge in [0.25, 0.3) is 0 Å². The van der Waals surface area contributed by atoms with Crippen LogP contribution >= 0.6 is 23.1 Å². The summed E-state index contributed by atoms with van der Waals surface area (Å²) in [6, 6.07) is 17.7. The molecular formula is C23H23NO3S2. The number of carbonyl (C=O) groups is 2. The predicted molar refractivity (Wildman–Crippen MR) is 121 cm³/mol. The molecule has 3 rings (SSSR count). The van der Waals surface area contributed by atoms with Gasteiger partial charge in [-0.2, -0.15) is 0 Å². The lowest BCUT2D eigenvalue weighted by molar-refractivity contribution is -0.113. The fourth-order valence-corrected chi connectivity index (χ4v) is 4.71. The molecule has 0 aliphatic heterocycles. The molecule has 0 atom stereocenters. The minimum Gasteiger partial charge on any atom is -0.462 e. The van der Waals surface area contributed by atoms with Crippen LogP contribution in [0, 0.1) is 13.8 Å². The van der Waals surface area contributed by atoms with E-state index in [9.17, 15) is 9.59 Å². The minimum absolute atomic E-state index is 0.151. The van der Waals surface area contributed by atoms with Gasteiger partial charge in [0.05, 0.1) is 12.4 Å². The molecule has 0 unspecified atom stereocenters. The lowest BCUT2D eigenvalue weighted by atomic mass is 10.0. The van der Waals surface area contributed by atoms with Crippen LogP contribution in [0.15, 0.2) is 59.5 Å². The second kappa shape index (κ2) is 9.76. The number of rotatable bonds is 7. The van der Waals surface area contributed by atoms with E-state index < -0.39 is 5.97 Å². The molecule has 6 heteroatoms. The van der Waals surface area contributed by atoms with Crippen LogP contribution in [0.4, 0.5) is 5.00 Å². The smallest absolute Gasteiger partial charge is 0.341 e. The summed E-state index contributed by atoms with van der Waals surface area (Å²) in [6.07, 6.45) is 0. The van der Waals surface area contributed by atoms with E-state index in [0.29, 0.717) is 10.6 Å². The molecule has 0 saturated heterocycles. The van der Waals surface area contributed by atoms with Gasteiger partial charge in [-0.15, -0.1) is 23.1 Å². The third-order valence-corrected chi connectivity index (χ3v) is 6.30. The van der Waals surface area contributed by atoms with E-state index in [1.54, 1.807) is 6.92 Å². The molecule has 150 valence electrons. The number of esters is 1. The summed E-state index contributed by atoms with van der Waals surface area (Å²) in [5.41, 5.74) is 3.35. The number of hydrogen-bond donors (Lipinski definition) is 1. The van der Waals surface area contributed by atoms with E-state index in [-0.39, 0.29) is 18.3 Å². The molecular weight excluding hydrogens is 402 g/mol. The zero-order chi connectivity index (χ0) is 20.8. The van der Waals surface area contributed by atoms with Gasteiger partial charge < -0.3 is 10.1 Å². The van der Waals surface area contributed by atoms with Crippen LogP contribution in [-0.4, -0.2) is 24.2 Å². The highest BCUT2D eigenvalue weighted by atomic mass is 32.2. The molecule has 0 aliphatic rings. The molecule has 2 aromatic carbocycles. The molecule has 0 spiro atoms. The number of anilines is 1. The number of nitrogens with one attached hydrogen (secondary N) is 1. The van der Waals surface area contributed by atoms with Gasteiger partial charge in [0.1, 0.15) is 10.6 Å². The summed E-state index contributed by atoms with van der Waals surface area (Å²) >= 11 is 2.86. The summed E-state index contributed by atoms with van der Waals surface area (Å²) in [4.78, 5) is 27.2. The third kappa shape index (κ3) is 5.28. The Morgan fingerprint density at radius 2 is 1.72 bits per heavy atom. The van der Waals surface area contributed by atoms with E-state index in [4.69, 9.17) is 4.74 Å². The molecule has 1 aromatic heterocycles. The van der Waals surface area contributed by atoms with Gasteiger partial charge in [-0.05, 0) is 38.5 Å². The molecule has 1 amide bonds. The molecule has 0 bridgehead atoms. The molecule has 0 radical (unpaired) electrons. The largest absolute Gasteiger partial charge is 0.462 e. The Morgan fingerprint density at radius 1 is 1.03 bits per heavy atom. The molecule has 4 nitrogen and oxygen atoms in total. The summed E-state index contributed by atoms with van der Waals surface area (Å²) in [5.74, 6) is -0.303. The second-order valence-electron chi connectivity index (χ2n) is 6.47. The maximum atomic E-state index is 12.7. The monoisotopic (exact) mass is 425 g/mol. The van der Waals surface area contributed by atoms with Crippen molar-refractivity contribution in [3.63, 3.8) is 0 Å². The van der Waals surface area contributed by atoms with Crippen molar-refractivity contribution < 1.29 is 14.3 Å². The Kier molecular flexibility index (Phi) is 7.12. The SMILES string of the molecule is CCOC(=O)c1c(NC(=O)CSc2ccc(C)cc2)sc(C)c1-c1ccccc1. The van der Waals surface area contributed by atoms with Crippen LogP contribution in [0.25, 0.3) is 11.1 Å². The van der Waals surface area contributed by atoms with E-state index >= 15 is 0 Å². The second-order valence-corrected chi connectivity index (χ2v) is 8.75. The standard InChI is InChI=1S/C23H23NO3S2/c1-4-27-23(26)21-20(17-8-6-5-7-9-17)16(3)29-22(21)24-19(25)14-28-18-12-10-15(2)11-13-18/h5-13H,4,14H2,1-3H3,(H,24,25). The van der Waals surface area contributed by atoms with Crippen molar-refractivity contribution in [2.45, 2.75) is 25.7 Å². The fraction of sp³-hybridized carbons (Fsp3) is 0.217. The van der Waals surface area contributed by atoms with Crippen LogP contribution in [0.1, 0.15) is 27.7 Å². The van der Waals surface area contributed by atoms with Crippen LogP contribution in [0.2, 0.25) is 0 Å². The average molecular weight is 426 g/mol. The highest BCUT2D eigenvalue weighted by molar-refractivity contribution is 8.00. The van der Waals surface area contributed by atoms with Crippen molar-refractivity contribution in [3.8, 4) is 11.1 Å². The molecule has 1 heterocycles. The number of amides is 1. The van der Waals surface area contributed by atoms with Crippen molar-refractivity contribution in [3.05, 3.63) is 70.6 Å². The van der Waals surface area contributed by atoms with E-state index in [2.05, 4.69) is 5.32 Å². The maximum Gasteiger partial charge on any atom is 0.341 e. The van der Waals surface area contributed by atoms with Gasteiger partial charge in [-0.3, -0.25) is 4.79 Å². The first-order chi connectivity index (χ1) is 14.0. The molecule has 0 aliphatic carbocycles. The van der Waals surface area contributed by atoms with Crippen molar-refractivity contribution in [2.24, 2.45) is 0 Å². The Balaban J connectivity index is 1.83. The first kappa shape index (κ1) is 21.1. The average Bonchev–Trinajstić information content (AvgIpc) is 3.04. The molecule has 3 aromatic rings. The Labute approximate surface area is 179 Å². The molecule has 1 N–H and O–H groups in total. The lowest BCUT2D eigenvalue weighted by Gasteiger charge is -2.09. The number of carbonyl (C=O) groups excluding carboxylic acids is 2. The van der Waals surface area contributed by atoms with E-state index in [0.717, 1.165) is 20.9 Å². The molecule has 29 heavy (non-hydrogen) atoms. The summed E-state index contributed by atoms with van der Waals surface area (Å²) in [5, 5.41) is 3.46. The quantitative estimate of drug-likeness (QED) is 0.376. The molecule has 0 saturated carbocycles. The van der Waals surface area contributed by atoms with Crippen LogP contribution in [0.5, 0.6) is 0 Å². The van der Waals surface area contributed by atoms with Crippen molar-refractivity contribution in [1.82, 2.24) is 0 Å². The predicted octanol–water partition coefficient (Wildman–Crippen LogP) is 5.94. The van der Waals surface area contributed by atoms with E-state index in [1.165, 1.54) is 28.7 Å². The first-order valence-electron chi connectivity index (χ1n) is 9.34. The van der Waals surface area contributed by atoms with Gasteiger partial charge in [-0.25, -0.2) is 4.79 Å². The Hall–Kier alpha value is -2.57. The van der Waals surface area contributed by atoms with Crippen LogP contribution in [0.3, 0.4) is 0 Å². The van der Waals surface area contributed by atoms with Crippen molar-refractivity contribution in [1.29, 1.82) is 0 Å². The van der Waals surface area contributed by atoms with Crippen molar-refractivity contribution in [2.75, 3.05) is 17.7 Å². The topological polar surface area (TPSA) is 55.4 Å². The highest BCUT2D eigenvalue weighted by Gasteiger charge is 2.25. The van der Waals surface area contributed by atoms with Gasteiger partial charge >= 0.3 is 5.97 Å². The lowest BCUT2D eigenvalue weighted by Crippen LogP contribution is -2.16. The first-order valence-corrected chi connectivity index (χ1v) is 11.1. The fourth-order valence-electron chi connectivity index (χ4n) is 2.93.